The number of imide groups is 1. The molecular weight excluding hydrogens is 400 g/mol. The molecule has 2 heterocycles. The first-order chi connectivity index (χ1) is 15.6. The number of anilines is 2. The third-order valence-electron chi connectivity index (χ3n) is 5.69. The number of carbonyl (C=O) groups excluding carboxylic acids is 2. The van der Waals surface area contributed by atoms with Crippen molar-refractivity contribution in [2.45, 2.75) is 5.92 Å². The van der Waals surface area contributed by atoms with Crippen molar-refractivity contribution in [3.8, 4) is 6.07 Å². The summed E-state index contributed by atoms with van der Waals surface area (Å²) >= 11 is 0. The Bertz CT molecular complexity index is 1320. The standard InChI is InChI=1S/C26H18N4O2/c27-16-20-21(17-10-4-1-5-11-17)22-23(29(24(20)28)18-12-6-2-7-13-18)26(32)30(25(22)31)19-14-8-3-9-15-19/h1-15,21H,28H2. The normalized spacial score (nSPS) is 18.2. The van der Waals surface area contributed by atoms with Crippen LogP contribution in [0.25, 0.3) is 0 Å². The van der Waals surface area contributed by atoms with Crippen molar-refractivity contribution < 1.29 is 9.59 Å². The summed E-state index contributed by atoms with van der Waals surface area (Å²) in [6.07, 6.45) is 0. The Morgan fingerprint density at radius 2 is 1.22 bits per heavy atom. The van der Waals surface area contributed by atoms with Gasteiger partial charge in [-0.3, -0.25) is 14.5 Å². The van der Waals surface area contributed by atoms with Gasteiger partial charge in [-0.05, 0) is 29.8 Å². The Kier molecular flexibility index (Phi) is 4.57. The van der Waals surface area contributed by atoms with Crippen LogP contribution in [0.2, 0.25) is 0 Å². The average molecular weight is 418 g/mol. The van der Waals surface area contributed by atoms with Crippen LogP contribution < -0.4 is 15.5 Å². The number of hydrogen-bond acceptors (Lipinski definition) is 5. The summed E-state index contributed by atoms with van der Waals surface area (Å²) in [4.78, 5) is 30.1. The highest BCUT2D eigenvalue weighted by atomic mass is 16.2. The molecule has 0 bridgehead atoms. The molecule has 0 aliphatic carbocycles. The van der Waals surface area contributed by atoms with Gasteiger partial charge in [0.15, 0.2) is 0 Å². The number of allylic oxidation sites excluding steroid dienone is 1. The fourth-order valence-corrected chi connectivity index (χ4v) is 4.30. The molecule has 0 aromatic heterocycles. The highest BCUT2D eigenvalue weighted by molar-refractivity contribution is 6.35. The molecule has 2 N–H and O–H groups in total. The Labute approximate surface area is 185 Å². The van der Waals surface area contributed by atoms with E-state index in [1.54, 1.807) is 36.4 Å². The molecule has 0 saturated carbocycles. The Balaban J connectivity index is 1.78. The number of benzene rings is 3. The van der Waals surface area contributed by atoms with E-state index in [1.807, 2.05) is 54.6 Å². The SMILES string of the molecule is N#CC1=C(N)N(c2ccccc2)C2=C(C(=O)N(c3ccccc3)C2=O)C1c1ccccc1. The maximum absolute atomic E-state index is 13.7. The Hall–Kier alpha value is -4.63. The second-order valence-electron chi connectivity index (χ2n) is 7.47. The van der Waals surface area contributed by atoms with Crippen LogP contribution in [0.1, 0.15) is 11.5 Å². The first kappa shape index (κ1) is 19.3. The van der Waals surface area contributed by atoms with Crippen molar-refractivity contribution in [1.82, 2.24) is 0 Å². The zero-order chi connectivity index (χ0) is 22.2. The second kappa shape index (κ2) is 7.56. The maximum atomic E-state index is 13.7. The largest absolute Gasteiger partial charge is 0.384 e. The summed E-state index contributed by atoms with van der Waals surface area (Å²) < 4.78 is 0. The first-order valence-electron chi connectivity index (χ1n) is 10.1. The lowest BCUT2D eigenvalue weighted by Crippen LogP contribution is -2.38. The molecule has 1 unspecified atom stereocenters. The van der Waals surface area contributed by atoms with Crippen LogP contribution in [-0.4, -0.2) is 11.8 Å². The highest BCUT2D eigenvalue weighted by Gasteiger charge is 2.50. The second-order valence-corrected chi connectivity index (χ2v) is 7.47. The molecule has 0 saturated heterocycles. The van der Waals surface area contributed by atoms with E-state index in [2.05, 4.69) is 6.07 Å². The fourth-order valence-electron chi connectivity index (χ4n) is 4.30. The molecule has 1 atom stereocenters. The van der Waals surface area contributed by atoms with E-state index in [4.69, 9.17) is 5.73 Å². The van der Waals surface area contributed by atoms with Crippen LogP contribution in [0.5, 0.6) is 0 Å². The van der Waals surface area contributed by atoms with Crippen molar-refractivity contribution in [3.63, 3.8) is 0 Å². The molecule has 2 amide bonds. The van der Waals surface area contributed by atoms with Crippen LogP contribution in [0.15, 0.2) is 114 Å². The van der Waals surface area contributed by atoms with Gasteiger partial charge in [0.05, 0.1) is 28.8 Å². The smallest absolute Gasteiger partial charge is 0.282 e. The predicted molar refractivity (Wildman–Crippen MR) is 121 cm³/mol. The van der Waals surface area contributed by atoms with E-state index in [0.717, 1.165) is 10.5 Å². The van der Waals surface area contributed by atoms with E-state index in [0.29, 0.717) is 11.4 Å². The van der Waals surface area contributed by atoms with Gasteiger partial charge in [-0.1, -0.05) is 66.7 Å². The molecule has 6 heteroatoms. The number of nitriles is 1. The minimum atomic E-state index is -0.735. The number of nitrogens with zero attached hydrogens (tertiary/aromatic N) is 3. The van der Waals surface area contributed by atoms with E-state index < -0.39 is 17.7 Å². The van der Waals surface area contributed by atoms with Gasteiger partial charge in [0.25, 0.3) is 11.8 Å². The van der Waals surface area contributed by atoms with Crippen LogP contribution in [0.3, 0.4) is 0 Å². The molecule has 3 aromatic rings. The molecular formula is C26H18N4O2. The molecule has 2 aliphatic heterocycles. The van der Waals surface area contributed by atoms with Crippen LogP contribution in [0, 0.1) is 11.3 Å². The summed E-state index contributed by atoms with van der Waals surface area (Å²) in [5, 5.41) is 10.1. The monoisotopic (exact) mass is 418 g/mol. The van der Waals surface area contributed by atoms with Gasteiger partial charge in [0.1, 0.15) is 11.5 Å². The lowest BCUT2D eigenvalue weighted by Gasteiger charge is -2.33. The predicted octanol–water partition coefficient (Wildman–Crippen LogP) is 3.81. The number of nitrogens with two attached hydrogens (primary N) is 1. The topological polar surface area (TPSA) is 90.4 Å². The number of amides is 2. The summed E-state index contributed by atoms with van der Waals surface area (Å²) in [6, 6.07) is 29.2. The lowest BCUT2D eigenvalue weighted by molar-refractivity contribution is -0.120. The van der Waals surface area contributed by atoms with E-state index in [9.17, 15) is 14.9 Å². The van der Waals surface area contributed by atoms with E-state index >= 15 is 0 Å². The number of para-hydroxylation sites is 2. The highest BCUT2D eigenvalue weighted by Crippen LogP contribution is 2.46. The van der Waals surface area contributed by atoms with Crippen molar-refractivity contribution in [3.05, 3.63) is 119 Å². The lowest BCUT2D eigenvalue weighted by atomic mass is 9.81. The zero-order valence-electron chi connectivity index (χ0n) is 17.0. The minimum Gasteiger partial charge on any atom is -0.384 e. The number of rotatable bonds is 3. The van der Waals surface area contributed by atoms with Crippen LogP contribution in [0.4, 0.5) is 11.4 Å². The van der Waals surface area contributed by atoms with Crippen LogP contribution in [-0.2, 0) is 9.59 Å². The third-order valence-corrected chi connectivity index (χ3v) is 5.69. The molecule has 32 heavy (non-hydrogen) atoms. The molecule has 6 nitrogen and oxygen atoms in total. The first-order valence-corrected chi connectivity index (χ1v) is 10.1. The van der Waals surface area contributed by atoms with Gasteiger partial charge in [-0.25, -0.2) is 4.90 Å². The molecule has 5 rings (SSSR count). The third kappa shape index (κ3) is 2.80. The molecule has 0 fully saturated rings. The number of carbonyl (C=O) groups is 2. The van der Waals surface area contributed by atoms with Gasteiger partial charge in [-0.2, -0.15) is 5.26 Å². The van der Waals surface area contributed by atoms with Gasteiger partial charge in [0, 0.05) is 5.69 Å². The van der Waals surface area contributed by atoms with Gasteiger partial charge < -0.3 is 5.73 Å². The van der Waals surface area contributed by atoms with Crippen LogP contribution >= 0.6 is 0 Å². The van der Waals surface area contributed by atoms with Gasteiger partial charge in [0.2, 0.25) is 0 Å². The summed E-state index contributed by atoms with van der Waals surface area (Å²) in [6.45, 7) is 0. The number of hydrogen-bond donors (Lipinski definition) is 1. The molecule has 154 valence electrons. The van der Waals surface area contributed by atoms with E-state index in [-0.39, 0.29) is 22.7 Å². The summed E-state index contributed by atoms with van der Waals surface area (Å²) in [5.41, 5.74) is 8.96. The summed E-state index contributed by atoms with van der Waals surface area (Å²) in [7, 11) is 0. The zero-order valence-corrected chi connectivity index (χ0v) is 17.0. The minimum absolute atomic E-state index is 0.141. The maximum Gasteiger partial charge on any atom is 0.282 e. The Morgan fingerprint density at radius 3 is 1.75 bits per heavy atom. The quantitative estimate of drug-likeness (QED) is 0.653. The fraction of sp³-hybridized carbons (Fsp3) is 0.0385. The molecule has 2 aliphatic rings. The van der Waals surface area contributed by atoms with Gasteiger partial charge in [-0.15, -0.1) is 0 Å². The van der Waals surface area contributed by atoms with E-state index in [1.165, 1.54) is 4.90 Å². The van der Waals surface area contributed by atoms with Crippen molar-refractivity contribution in [2.24, 2.45) is 5.73 Å². The summed E-state index contributed by atoms with van der Waals surface area (Å²) in [5.74, 6) is -1.52. The molecule has 3 aromatic carbocycles. The van der Waals surface area contributed by atoms with Crippen molar-refractivity contribution in [2.75, 3.05) is 9.80 Å². The molecule has 0 radical (unpaired) electrons. The van der Waals surface area contributed by atoms with Crippen molar-refractivity contribution in [1.29, 1.82) is 5.26 Å². The molecule has 0 spiro atoms. The van der Waals surface area contributed by atoms with Gasteiger partial charge >= 0.3 is 0 Å². The van der Waals surface area contributed by atoms with Crippen molar-refractivity contribution >= 4 is 23.2 Å². The average Bonchev–Trinajstić information content (AvgIpc) is 3.09. The Morgan fingerprint density at radius 1 is 0.719 bits per heavy atom.